The Balaban J connectivity index is 1.64. The van der Waals surface area contributed by atoms with E-state index in [1.807, 2.05) is 61.5 Å². The molecule has 1 aliphatic heterocycles. The zero-order chi connectivity index (χ0) is 23.5. The van der Waals surface area contributed by atoms with Crippen molar-refractivity contribution in [3.8, 4) is 0 Å². The molecule has 7 nitrogen and oxygen atoms in total. The topological polar surface area (TPSA) is 98.7 Å². The molecule has 174 valence electrons. The van der Waals surface area contributed by atoms with E-state index in [1.165, 1.54) is 0 Å². The van der Waals surface area contributed by atoms with E-state index in [1.54, 1.807) is 11.9 Å². The fourth-order valence-corrected chi connectivity index (χ4v) is 5.28. The van der Waals surface area contributed by atoms with Crippen LogP contribution in [-0.2, 0) is 14.4 Å². The second-order valence-corrected chi connectivity index (χ2v) is 8.95. The SMILES string of the molecule is CNC(=O)[C@H]1[C@@H]2C(=O)N(CCCCO)[C@H](C(=O)Nc3ccc4ccccc4c3)[C@H]2C=C[C@H]1C. The summed E-state index contributed by atoms with van der Waals surface area (Å²) >= 11 is 0. The summed E-state index contributed by atoms with van der Waals surface area (Å²) in [6, 6.07) is 12.9. The highest BCUT2D eigenvalue weighted by atomic mass is 16.3. The van der Waals surface area contributed by atoms with Gasteiger partial charge >= 0.3 is 0 Å². The molecule has 3 amide bonds. The number of benzene rings is 2. The third kappa shape index (κ3) is 4.37. The average molecular weight is 450 g/mol. The van der Waals surface area contributed by atoms with Gasteiger partial charge in [0.05, 0.1) is 11.8 Å². The number of carbonyl (C=O) groups excluding carboxylic acids is 3. The number of fused-ring (bicyclic) bond motifs is 2. The number of likely N-dealkylation sites (tertiary alicyclic amines) is 1. The first-order valence-corrected chi connectivity index (χ1v) is 11.6. The number of allylic oxidation sites excluding steroid dienone is 1. The van der Waals surface area contributed by atoms with Crippen molar-refractivity contribution in [2.24, 2.45) is 23.7 Å². The van der Waals surface area contributed by atoms with Gasteiger partial charge in [-0.1, -0.05) is 49.4 Å². The van der Waals surface area contributed by atoms with Crippen LogP contribution in [0.3, 0.4) is 0 Å². The summed E-state index contributed by atoms with van der Waals surface area (Å²) in [6.07, 6.45) is 5.01. The fraction of sp³-hybridized carbons (Fsp3) is 0.423. The summed E-state index contributed by atoms with van der Waals surface area (Å²) < 4.78 is 0. The van der Waals surface area contributed by atoms with Gasteiger partial charge < -0.3 is 20.6 Å². The second kappa shape index (κ2) is 9.75. The first-order valence-electron chi connectivity index (χ1n) is 11.6. The first kappa shape index (κ1) is 23.0. The molecule has 1 aliphatic carbocycles. The number of rotatable bonds is 7. The molecule has 0 radical (unpaired) electrons. The molecule has 0 unspecified atom stereocenters. The summed E-state index contributed by atoms with van der Waals surface area (Å²) in [5.41, 5.74) is 0.668. The number of nitrogens with zero attached hydrogens (tertiary/aromatic N) is 1. The lowest BCUT2D eigenvalue weighted by atomic mass is 9.70. The molecule has 1 fully saturated rings. The number of amides is 3. The summed E-state index contributed by atoms with van der Waals surface area (Å²) in [5, 5.41) is 17.0. The minimum absolute atomic E-state index is 0.0284. The highest BCUT2D eigenvalue weighted by molar-refractivity contribution is 6.02. The van der Waals surface area contributed by atoms with Crippen molar-refractivity contribution < 1.29 is 19.5 Å². The van der Waals surface area contributed by atoms with Gasteiger partial charge in [0.1, 0.15) is 6.04 Å². The number of aliphatic hydroxyl groups is 1. The van der Waals surface area contributed by atoms with Gasteiger partial charge in [0.25, 0.3) is 0 Å². The molecule has 33 heavy (non-hydrogen) atoms. The molecule has 3 N–H and O–H groups in total. The van der Waals surface area contributed by atoms with E-state index >= 15 is 0 Å². The number of anilines is 1. The molecular weight excluding hydrogens is 418 g/mol. The van der Waals surface area contributed by atoms with Gasteiger partial charge in [0, 0.05) is 31.8 Å². The second-order valence-electron chi connectivity index (χ2n) is 8.95. The molecule has 2 aromatic rings. The van der Waals surface area contributed by atoms with Crippen LogP contribution in [0.2, 0.25) is 0 Å². The Bertz CT molecular complexity index is 1080. The molecule has 1 saturated heterocycles. The highest BCUT2D eigenvalue weighted by Crippen LogP contribution is 2.44. The fourth-order valence-electron chi connectivity index (χ4n) is 5.28. The van der Waals surface area contributed by atoms with Crippen LogP contribution < -0.4 is 10.6 Å². The molecule has 2 aliphatic rings. The van der Waals surface area contributed by atoms with E-state index < -0.39 is 17.9 Å². The van der Waals surface area contributed by atoms with Crippen LogP contribution in [0.15, 0.2) is 54.6 Å². The van der Waals surface area contributed by atoms with Crippen molar-refractivity contribution in [1.29, 1.82) is 0 Å². The van der Waals surface area contributed by atoms with E-state index in [0.717, 1.165) is 10.8 Å². The van der Waals surface area contributed by atoms with Crippen molar-refractivity contribution >= 4 is 34.2 Å². The quantitative estimate of drug-likeness (QED) is 0.447. The number of carbonyl (C=O) groups is 3. The maximum atomic E-state index is 13.5. The Morgan fingerprint density at radius 2 is 1.79 bits per heavy atom. The number of hydrogen-bond acceptors (Lipinski definition) is 4. The van der Waals surface area contributed by atoms with Crippen molar-refractivity contribution in [3.63, 3.8) is 0 Å². The minimum Gasteiger partial charge on any atom is -0.396 e. The van der Waals surface area contributed by atoms with Crippen molar-refractivity contribution in [2.75, 3.05) is 25.5 Å². The van der Waals surface area contributed by atoms with E-state index in [-0.39, 0.29) is 36.2 Å². The van der Waals surface area contributed by atoms with Crippen LogP contribution in [0, 0.1) is 23.7 Å². The molecule has 2 aromatic carbocycles. The highest BCUT2D eigenvalue weighted by Gasteiger charge is 2.56. The largest absolute Gasteiger partial charge is 0.396 e. The number of unbranched alkanes of at least 4 members (excludes halogenated alkanes) is 1. The molecule has 5 atom stereocenters. The molecule has 0 bridgehead atoms. The summed E-state index contributed by atoms with van der Waals surface area (Å²) in [6.45, 7) is 2.32. The number of nitrogens with one attached hydrogen (secondary N) is 2. The van der Waals surface area contributed by atoms with Crippen molar-refractivity contribution in [1.82, 2.24) is 10.2 Å². The van der Waals surface area contributed by atoms with Crippen LogP contribution >= 0.6 is 0 Å². The Morgan fingerprint density at radius 1 is 1.03 bits per heavy atom. The summed E-state index contributed by atoms with van der Waals surface area (Å²) in [7, 11) is 1.57. The van der Waals surface area contributed by atoms with E-state index in [2.05, 4.69) is 10.6 Å². The molecule has 0 saturated carbocycles. The van der Waals surface area contributed by atoms with Crippen LogP contribution in [-0.4, -0.2) is 54.0 Å². The third-order valence-corrected chi connectivity index (χ3v) is 6.92. The smallest absolute Gasteiger partial charge is 0.247 e. The Labute approximate surface area is 193 Å². The minimum atomic E-state index is -0.705. The first-order chi connectivity index (χ1) is 16.0. The molecule has 7 heteroatoms. The van der Waals surface area contributed by atoms with Crippen LogP contribution in [0.25, 0.3) is 10.8 Å². The van der Waals surface area contributed by atoms with Gasteiger partial charge in [0.2, 0.25) is 17.7 Å². The molecule has 1 heterocycles. The van der Waals surface area contributed by atoms with Gasteiger partial charge in [-0.15, -0.1) is 0 Å². The predicted molar refractivity (Wildman–Crippen MR) is 127 cm³/mol. The Kier molecular flexibility index (Phi) is 6.79. The lowest BCUT2D eigenvalue weighted by Crippen LogP contribution is -2.45. The predicted octanol–water partition coefficient (Wildman–Crippen LogP) is 2.56. The molecule has 0 spiro atoms. The van der Waals surface area contributed by atoms with Gasteiger partial charge in [-0.2, -0.15) is 0 Å². The maximum absolute atomic E-state index is 13.5. The summed E-state index contributed by atoms with van der Waals surface area (Å²) in [5.74, 6) is -2.18. The normalized spacial score (nSPS) is 26.3. The number of hydrogen-bond donors (Lipinski definition) is 3. The van der Waals surface area contributed by atoms with Gasteiger partial charge in [-0.3, -0.25) is 14.4 Å². The average Bonchev–Trinajstić information content (AvgIpc) is 3.10. The molecule has 4 rings (SSSR count). The molecule has 0 aromatic heterocycles. The maximum Gasteiger partial charge on any atom is 0.247 e. The third-order valence-electron chi connectivity index (χ3n) is 6.92. The Hall–Kier alpha value is -3.19. The van der Waals surface area contributed by atoms with Crippen LogP contribution in [0.1, 0.15) is 19.8 Å². The van der Waals surface area contributed by atoms with Crippen molar-refractivity contribution in [3.05, 3.63) is 54.6 Å². The zero-order valence-electron chi connectivity index (χ0n) is 19.0. The lowest BCUT2D eigenvalue weighted by Gasteiger charge is -2.32. The monoisotopic (exact) mass is 449 g/mol. The zero-order valence-corrected chi connectivity index (χ0v) is 19.0. The lowest BCUT2D eigenvalue weighted by molar-refractivity contribution is -0.140. The van der Waals surface area contributed by atoms with E-state index in [4.69, 9.17) is 0 Å². The summed E-state index contributed by atoms with van der Waals surface area (Å²) in [4.78, 5) is 41.3. The van der Waals surface area contributed by atoms with Crippen LogP contribution in [0.4, 0.5) is 5.69 Å². The van der Waals surface area contributed by atoms with Gasteiger partial charge in [-0.05, 0) is 41.7 Å². The standard InChI is InChI=1S/C26H31N3O4/c1-16-9-12-20-22(21(16)24(31)27-2)26(33)29(13-5-6-14-30)23(20)25(32)28-19-11-10-17-7-3-4-8-18(17)15-19/h3-4,7-12,15-16,20-23,30H,5-6,13-14H2,1-2H3,(H,27,31)(H,28,32)/t16-,20+,21-,22-,23+/m1/s1. The van der Waals surface area contributed by atoms with E-state index in [9.17, 15) is 19.5 Å². The van der Waals surface area contributed by atoms with E-state index in [0.29, 0.717) is 25.1 Å². The number of aliphatic hydroxyl groups excluding tert-OH is 1. The Morgan fingerprint density at radius 3 is 2.52 bits per heavy atom. The molecular formula is C26H31N3O4. The van der Waals surface area contributed by atoms with Crippen molar-refractivity contribution in [2.45, 2.75) is 25.8 Å². The van der Waals surface area contributed by atoms with Crippen LogP contribution in [0.5, 0.6) is 0 Å². The van der Waals surface area contributed by atoms with Gasteiger partial charge in [-0.25, -0.2) is 0 Å². The van der Waals surface area contributed by atoms with Gasteiger partial charge in [0.15, 0.2) is 0 Å².